The van der Waals surface area contributed by atoms with E-state index in [9.17, 15) is 19.6 Å². The van der Waals surface area contributed by atoms with Crippen LogP contribution in [0.2, 0.25) is 0 Å². The Morgan fingerprint density at radius 3 is 2.21 bits per heavy atom. The number of anilines is 1. The molecule has 3 amide bonds. The van der Waals surface area contributed by atoms with Crippen molar-refractivity contribution in [3.8, 4) is 0 Å². The molecule has 4 rings (SSSR count). The Bertz CT molecular complexity index is 821. The number of piperidine rings is 1. The number of hydrogen-bond acceptors (Lipinski definition) is 6. The van der Waals surface area contributed by atoms with Gasteiger partial charge in [0.25, 0.3) is 0 Å². The lowest BCUT2D eigenvalue weighted by molar-refractivity contribution is -0.149. The third-order valence-electron chi connectivity index (χ3n) is 7.16. The molecule has 0 bridgehead atoms. The second-order valence-electron chi connectivity index (χ2n) is 9.20. The molecule has 2 aliphatic heterocycles. The average molecular weight is 459 g/mol. The van der Waals surface area contributed by atoms with Crippen LogP contribution in [0.25, 0.3) is 0 Å². The first-order valence-corrected chi connectivity index (χ1v) is 12.0. The number of nitrogens with one attached hydrogen (secondary N) is 1. The molecule has 2 heterocycles. The molecular formula is C24H34N4O5. The zero-order chi connectivity index (χ0) is 23.2. The highest BCUT2D eigenvalue weighted by molar-refractivity contribution is 5.87. The highest BCUT2D eigenvalue weighted by Crippen LogP contribution is 2.34. The van der Waals surface area contributed by atoms with E-state index in [4.69, 9.17) is 4.74 Å². The molecule has 1 aliphatic carbocycles. The van der Waals surface area contributed by atoms with Crippen molar-refractivity contribution in [3.63, 3.8) is 0 Å². The van der Waals surface area contributed by atoms with Crippen molar-refractivity contribution in [1.82, 2.24) is 15.3 Å². The summed E-state index contributed by atoms with van der Waals surface area (Å²) < 4.78 is 5.69. The quantitative estimate of drug-likeness (QED) is 0.530. The summed E-state index contributed by atoms with van der Waals surface area (Å²) in [6.07, 6.45) is 3.53. The Labute approximate surface area is 194 Å². The Morgan fingerprint density at radius 1 is 0.848 bits per heavy atom. The molecule has 0 spiro atoms. The minimum atomic E-state index is -0.720. The van der Waals surface area contributed by atoms with E-state index in [-0.39, 0.29) is 18.4 Å². The molecule has 3 fully saturated rings. The Morgan fingerprint density at radius 2 is 1.55 bits per heavy atom. The fourth-order valence-corrected chi connectivity index (χ4v) is 5.26. The van der Waals surface area contributed by atoms with Crippen molar-refractivity contribution in [2.45, 2.75) is 44.6 Å². The minimum Gasteiger partial charge on any atom is -0.446 e. The molecule has 1 saturated carbocycles. The minimum absolute atomic E-state index is 0.0582. The summed E-state index contributed by atoms with van der Waals surface area (Å²) in [5.74, 6) is -1.89. The molecule has 2 N–H and O–H groups in total. The normalized spacial score (nSPS) is 26.0. The zero-order valence-corrected chi connectivity index (χ0v) is 19.0. The van der Waals surface area contributed by atoms with E-state index in [1.807, 2.05) is 23.1 Å². The van der Waals surface area contributed by atoms with E-state index in [1.165, 1.54) is 0 Å². The van der Waals surface area contributed by atoms with Gasteiger partial charge in [-0.15, -0.1) is 0 Å². The topological polar surface area (TPSA) is 102 Å². The fraction of sp³-hybridized carbons (Fsp3) is 0.625. The van der Waals surface area contributed by atoms with Gasteiger partial charge in [-0.3, -0.25) is 14.8 Å². The predicted molar refractivity (Wildman–Crippen MR) is 122 cm³/mol. The number of hydroxylamine groups is 1. The first kappa shape index (κ1) is 23.4. The van der Waals surface area contributed by atoms with Crippen molar-refractivity contribution in [3.05, 3.63) is 30.3 Å². The Kier molecular flexibility index (Phi) is 7.69. The van der Waals surface area contributed by atoms with Crippen LogP contribution in [0.1, 0.15) is 38.5 Å². The van der Waals surface area contributed by atoms with E-state index in [0.717, 1.165) is 38.0 Å². The molecule has 33 heavy (non-hydrogen) atoms. The Balaban J connectivity index is 1.34. The maximum Gasteiger partial charge on any atom is 0.410 e. The monoisotopic (exact) mass is 458 g/mol. The van der Waals surface area contributed by atoms with Gasteiger partial charge in [0.15, 0.2) is 0 Å². The number of carbonyl (C=O) groups excluding carboxylic acids is 3. The number of likely N-dealkylation sites (tertiary alicyclic amines) is 1. The number of benzene rings is 1. The van der Waals surface area contributed by atoms with Crippen LogP contribution in [0.3, 0.4) is 0 Å². The molecule has 180 valence electrons. The zero-order valence-electron chi connectivity index (χ0n) is 19.0. The number of para-hydroxylation sites is 1. The third kappa shape index (κ3) is 5.58. The van der Waals surface area contributed by atoms with Crippen LogP contribution >= 0.6 is 0 Å². The van der Waals surface area contributed by atoms with Crippen LogP contribution in [0.5, 0.6) is 0 Å². The molecule has 9 heteroatoms. The van der Waals surface area contributed by atoms with Gasteiger partial charge >= 0.3 is 6.09 Å². The van der Waals surface area contributed by atoms with Crippen LogP contribution < -0.4 is 10.4 Å². The molecule has 1 aromatic rings. The molecule has 1 aromatic carbocycles. The molecule has 3 aliphatic rings. The van der Waals surface area contributed by atoms with Crippen molar-refractivity contribution in [2.75, 3.05) is 44.2 Å². The number of rotatable bonds is 4. The first-order valence-electron chi connectivity index (χ1n) is 12.0. The summed E-state index contributed by atoms with van der Waals surface area (Å²) in [5, 5.41) is 9.28. The number of nitrogens with zero attached hydrogens (tertiary/aromatic N) is 3. The van der Waals surface area contributed by atoms with E-state index >= 15 is 0 Å². The first-order chi connectivity index (χ1) is 16.1. The van der Waals surface area contributed by atoms with Gasteiger partial charge in [0.2, 0.25) is 11.8 Å². The van der Waals surface area contributed by atoms with Gasteiger partial charge < -0.3 is 19.4 Å². The van der Waals surface area contributed by atoms with E-state index < -0.39 is 23.8 Å². The van der Waals surface area contributed by atoms with Crippen LogP contribution in [0.4, 0.5) is 10.5 Å². The van der Waals surface area contributed by atoms with Crippen molar-refractivity contribution in [2.24, 2.45) is 11.8 Å². The smallest absolute Gasteiger partial charge is 0.410 e. The SMILES string of the molecule is O=C(NO)C1CC(OC(=O)N2CCCCC2)CC[C@@H]1C(=O)N1CCN(c2ccccc2)CC1. The standard InChI is InChI=1S/C24H34N4O5/c29-22(25-32)21-17-19(33-24(31)28-11-5-2-6-12-28)9-10-20(21)23(30)27-15-13-26(14-16-27)18-7-3-1-4-8-18/h1,3-4,7-8,19-21,32H,2,5-6,9-17H2,(H,25,29)/t19?,20-,21?/m0/s1. The number of hydrogen-bond donors (Lipinski definition) is 2. The van der Waals surface area contributed by atoms with E-state index in [2.05, 4.69) is 17.0 Å². The molecule has 9 nitrogen and oxygen atoms in total. The van der Waals surface area contributed by atoms with Gasteiger partial charge in [-0.1, -0.05) is 18.2 Å². The van der Waals surface area contributed by atoms with Crippen LogP contribution in [0, 0.1) is 11.8 Å². The van der Waals surface area contributed by atoms with Crippen LogP contribution in [-0.2, 0) is 14.3 Å². The van der Waals surface area contributed by atoms with Gasteiger partial charge in [-0.25, -0.2) is 10.3 Å². The second kappa shape index (κ2) is 10.9. The summed E-state index contributed by atoms with van der Waals surface area (Å²) in [4.78, 5) is 44.1. The fourth-order valence-electron chi connectivity index (χ4n) is 5.26. The molecule has 3 atom stereocenters. The van der Waals surface area contributed by atoms with E-state index in [1.54, 1.807) is 10.4 Å². The summed E-state index contributed by atoms with van der Waals surface area (Å²) >= 11 is 0. The highest BCUT2D eigenvalue weighted by Gasteiger charge is 2.42. The summed E-state index contributed by atoms with van der Waals surface area (Å²) in [5.41, 5.74) is 2.86. The van der Waals surface area contributed by atoms with Crippen molar-refractivity contribution < 1.29 is 24.3 Å². The van der Waals surface area contributed by atoms with Gasteiger partial charge in [-0.2, -0.15) is 0 Å². The largest absolute Gasteiger partial charge is 0.446 e. The molecule has 2 unspecified atom stereocenters. The van der Waals surface area contributed by atoms with Gasteiger partial charge in [0.05, 0.1) is 11.8 Å². The van der Waals surface area contributed by atoms with Gasteiger partial charge in [-0.05, 0) is 50.7 Å². The van der Waals surface area contributed by atoms with Crippen molar-refractivity contribution >= 4 is 23.6 Å². The third-order valence-corrected chi connectivity index (χ3v) is 7.16. The number of carbonyl (C=O) groups is 3. The maximum atomic E-state index is 13.3. The molecule has 0 aromatic heterocycles. The Hall–Kier alpha value is -2.81. The van der Waals surface area contributed by atoms with Crippen LogP contribution in [0.15, 0.2) is 30.3 Å². The van der Waals surface area contributed by atoms with E-state index in [0.29, 0.717) is 39.0 Å². The van der Waals surface area contributed by atoms with Crippen LogP contribution in [-0.4, -0.2) is 78.3 Å². The summed E-state index contributed by atoms with van der Waals surface area (Å²) in [7, 11) is 0. The molecular weight excluding hydrogens is 424 g/mol. The number of ether oxygens (including phenoxy) is 1. The maximum absolute atomic E-state index is 13.3. The van der Waals surface area contributed by atoms with Crippen molar-refractivity contribution in [1.29, 1.82) is 0 Å². The average Bonchev–Trinajstić information content (AvgIpc) is 2.89. The molecule has 2 saturated heterocycles. The van der Waals surface area contributed by atoms with Gasteiger partial charge in [0, 0.05) is 45.0 Å². The lowest BCUT2D eigenvalue weighted by Gasteiger charge is -2.40. The highest BCUT2D eigenvalue weighted by atomic mass is 16.6. The van der Waals surface area contributed by atoms with Gasteiger partial charge in [0.1, 0.15) is 6.10 Å². The molecule has 0 radical (unpaired) electrons. The lowest BCUT2D eigenvalue weighted by atomic mass is 9.76. The number of piperazine rings is 1. The summed E-state index contributed by atoms with van der Waals surface area (Å²) in [6.45, 7) is 4.03. The lowest BCUT2D eigenvalue weighted by Crippen LogP contribution is -2.53. The summed E-state index contributed by atoms with van der Waals surface area (Å²) in [6, 6.07) is 10.1. The number of amides is 3. The second-order valence-corrected chi connectivity index (χ2v) is 9.20. The predicted octanol–water partition coefficient (Wildman–Crippen LogP) is 2.25.